The van der Waals surface area contributed by atoms with Crippen LogP contribution in [0.2, 0.25) is 0 Å². The SMILES string of the molecule is CC(CC[C@H]1CC2(CSC(N)=N2)c2cc(Br)ccc2O1)NC(=O)COCc1ccccc1. The summed E-state index contributed by atoms with van der Waals surface area (Å²) in [6.07, 6.45) is 2.44. The van der Waals surface area contributed by atoms with Crippen molar-refractivity contribution in [3.63, 3.8) is 0 Å². The Morgan fingerprint density at radius 3 is 2.94 bits per heavy atom. The van der Waals surface area contributed by atoms with Crippen molar-refractivity contribution in [1.82, 2.24) is 5.32 Å². The molecule has 3 N–H and O–H groups in total. The van der Waals surface area contributed by atoms with E-state index in [9.17, 15) is 4.79 Å². The van der Waals surface area contributed by atoms with Gasteiger partial charge in [-0.25, -0.2) is 0 Å². The second kappa shape index (κ2) is 10.3. The maximum atomic E-state index is 12.2. The first-order valence-electron chi connectivity index (χ1n) is 10.8. The summed E-state index contributed by atoms with van der Waals surface area (Å²) < 4.78 is 12.8. The molecule has 0 radical (unpaired) electrons. The molecule has 2 aromatic carbocycles. The van der Waals surface area contributed by atoms with E-state index >= 15 is 0 Å². The lowest BCUT2D eigenvalue weighted by molar-refractivity contribution is -0.126. The van der Waals surface area contributed by atoms with Crippen LogP contribution in [0.25, 0.3) is 0 Å². The molecule has 3 atom stereocenters. The standard InChI is InChI=1S/C24H28BrN3O3S/c1-16(27-22(29)14-30-13-17-5-3-2-4-6-17)7-9-19-12-24(15-32-23(26)28-24)20-11-18(25)8-10-21(20)31-19/h2-6,8,10-11,16,19H,7,9,12-15H2,1H3,(H2,26,28)(H,27,29)/t16?,19-,24?/m0/s1. The zero-order valence-corrected chi connectivity index (χ0v) is 20.5. The van der Waals surface area contributed by atoms with Crippen LogP contribution in [0.1, 0.15) is 37.3 Å². The van der Waals surface area contributed by atoms with Crippen LogP contribution in [0.4, 0.5) is 0 Å². The summed E-state index contributed by atoms with van der Waals surface area (Å²) in [6, 6.07) is 15.9. The predicted molar refractivity (Wildman–Crippen MR) is 132 cm³/mol. The quantitative estimate of drug-likeness (QED) is 0.543. The third-order valence-electron chi connectivity index (χ3n) is 5.76. The van der Waals surface area contributed by atoms with Crippen molar-refractivity contribution in [3.05, 3.63) is 64.1 Å². The van der Waals surface area contributed by atoms with Crippen LogP contribution in [0.3, 0.4) is 0 Å². The number of amides is 1. The highest BCUT2D eigenvalue weighted by Crippen LogP contribution is 2.48. The van der Waals surface area contributed by atoms with Crippen molar-refractivity contribution in [2.75, 3.05) is 12.4 Å². The van der Waals surface area contributed by atoms with Gasteiger partial charge < -0.3 is 20.5 Å². The monoisotopic (exact) mass is 517 g/mol. The van der Waals surface area contributed by atoms with Crippen LogP contribution >= 0.6 is 27.7 Å². The molecular weight excluding hydrogens is 490 g/mol. The maximum absolute atomic E-state index is 12.2. The van der Waals surface area contributed by atoms with Gasteiger partial charge in [0.15, 0.2) is 5.17 Å². The Bertz CT molecular complexity index is 988. The third kappa shape index (κ3) is 5.66. The van der Waals surface area contributed by atoms with E-state index in [4.69, 9.17) is 20.2 Å². The summed E-state index contributed by atoms with van der Waals surface area (Å²) in [7, 11) is 0. The van der Waals surface area contributed by atoms with Crippen LogP contribution in [0.5, 0.6) is 5.75 Å². The van der Waals surface area contributed by atoms with Gasteiger partial charge >= 0.3 is 0 Å². The molecule has 4 rings (SSSR count). The highest BCUT2D eigenvalue weighted by Gasteiger charge is 2.45. The van der Waals surface area contributed by atoms with Gasteiger partial charge in [-0.15, -0.1) is 0 Å². The van der Waals surface area contributed by atoms with E-state index in [1.165, 1.54) is 0 Å². The lowest BCUT2D eigenvalue weighted by Crippen LogP contribution is -2.40. The minimum Gasteiger partial charge on any atom is -0.490 e. The van der Waals surface area contributed by atoms with E-state index in [1.807, 2.05) is 49.4 Å². The van der Waals surface area contributed by atoms with Gasteiger partial charge in [0.05, 0.1) is 6.61 Å². The maximum Gasteiger partial charge on any atom is 0.246 e. The molecule has 8 heteroatoms. The summed E-state index contributed by atoms with van der Waals surface area (Å²) in [4.78, 5) is 17.0. The number of nitrogens with two attached hydrogens (primary N) is 1. The minimum absolute atomic E-state index is 0.0209. The molecule has 0 bridgehead atoms. The van der Waals surface area contributed by atoms with Crippen molar-refractivity contribution in [2.45, 2.75) is 50.5 Å². The summed E-state index contributed by atoms with van der Waals surface area (Å²) in [5, 5.41) is 3.66. The van der Waals surface area contributed by atoms with Gasteiger partial charge in [-0.3, -0.25) is 9.79 Å². The number of hydrogen-bond donors (Lipinski definition) is 2. The molecule has 1 amide bonds. The highest BCUT2D eigenvalue weighted by molar-refractivity contribution is 9.10. The lowest BCUT2D eigenvalue weighted by atomic mass is 9.82. The van der Waals surface area contributed by atoms with E-state index < -0.39 is 0 Å². The number of nitrogens with zero attached hydrogens (tertiary/aromatic N) is 1. The van der Waals surface area contributed by atoms with Crippen molar-refractivity contribution < 1.29 is 14.3 Å². The number of thioether (sulfide) groups is 1. The third-order valence-corrected chi connectivity index (χ3v) is 7.26. The Kier molecular flexibility index (Phi) is 7.43. The van der Waals surface area contributed by atoms with Crippen molar-refractivity contribution in [1.29, 1.82) is 0 Å². The number of nitrogens with one attached hydrogen (secondary N) is 1. The zero-order valence-electron chi connectivity index (χ0n) is 18.1. The number of carbonyl (C=O) groups excluding carboxylic acids is 1. The van der Waals surface area contributed by atoms with Gasteiger partial charge in [0.2, 0.25) is 5.91 Å². The van der Waals surface area contributed by atoms with Gasteiger partial charge in [-0.1, -0.05) is 58.0 Å². The van der Waals surface area contributed by atoms with Gasteiger partial charge in [-0.2, -0.15) is 0 Å². The molecule has 2 aromatic rings. The molecule has 2 unspecified atom stereocenters. The van der Waals surface area contributed by atoms with Gasteiger partial charge in [0.1, 0.15) is 24.0 Å². The van der Waals surface area contributed by atoms with Gasteiger partial charge in [0, 0.05) is 28.3 Å². The first kappa shape index (κ1) is 23.1. The van der Waals surface area contributed by atoms with Crippen molar-refractivity contribution in [3.8, 4) is 5.75 Å². The van der Waals surface area contributed by atoms with Crippen LogP contribution in [-0.4, -0.2) is 35.6 Å². The minimum atomic E-state index is -0.339. The highest BCUT2D eigenvalue weighted by atomic mass is 79.9. The summed E-state index contributed by atoms with van der Waals surface area (Å²) in [6.45, 7) is 2.49. The predicted octanol–water partition coefficient (Wildman–Crippen LogP) is 4.36. The Hall–Kier alpha value is -2.03. The Labute approximate surface area is 201 Å². The Morgan fingerprint density at radius 2 is 2.19 bits per heavy atom. The first-order chi connectivity index (χ1) is 15.4. The van der Waals surface area contributed by atoms with E-state index in [1.54, 1.807) is 11.8 Å². The molecule has 2 heterocycles. The number of aliphatic imine (C=N–C) groups is 1. The summed E-state index contributed by atoms with van der Waals surface area (Å²) >= 11 is 5.16. The average Bonchev–Trinajstić information content (AvgIpc) is 3.14. The lowest BCUT2D eigenvalue weighted by Gasteiger charge is -2.38. The number of halogens is 1. The second-order valence-corrected chi connectivity index (χ2v) is 10.3. The van der Waals surface area contributed by atoms with Crippen LogP contribution in [0, 0.1) is 0 Å². The number of hydrogen-bond acceptors (Lipinski definition) is 6. The normalized spacial score (nSPS) is 22.7. The molecule has 0 saturated carbocycles. The molecule has 2 aliphatic heterocycles. The molecular formula is C24H28BrN3O3S. The zero-order chi connectivity index (χ0) is 22.6. The Morgan fingerprint density at radius 1 is 1.38 bits per heavy atom. The molecule has 0 saturated heterocycles. The number of benzene rings is 2. The first-order valence-corrected chi connectivity index (χ1v) is 12.6. The number of fused-ring (bicyclic) bond motifs is 2. The average molecular weight is 518 g/mol. The fourth-order valence-corrected chi connectivity index (χ4v) is 5.53. The van der Waals surface area contributed by atoms with Crippen LogP contribution in [0.15, 0.2) is 58.0 Å². The van der Waals surface area contributed by atoms with E-state index in [-0.39, 0.29) is 30.2 Å². The van der Waals surface area contributed by atoms with Gasteiger partial charge in [-0.05, 0) is 43.5 Å². The van der Waals surface area contributed by atoms with E-state index in [2.05, 4.69) is 27.3 Å². The molecule has 6 nitrogen and oxygen atoms in total. The number of ether oxygens (including phenoxy) is 2. The molecule has 0 aliphatic carbocycles. The second-order valence-electron chi connectivity index (χ2n) is 8.38. The summed E-state index contributed by atoms with van der Waals surface area (Å²) in [5.74, 6) is 1.59. The molecule has 32 heavy (non-hydrogen) atoms. The van der Waals surface area contributed by atoms with Crippen LogP contribution < -0.4 is 15.8 Å². The molecule has 1 spiro atoms. The van der Waals surface area contributed by atoms with Crippen molar-refractivity contribution >= 4 is 38.8 Å². The largest absolute Gasteiger partial charge is 0.490 e. The van der Waals surface area contributed by atoms with Crippen LogP contribution in [-0.2, 0) is 21.7 Å². The van der Waals surface area contributed by atoms with E-state index in [0.29, 0.717) is 11.8 Å². The topological polar surface area (TPSA) is 85.9 Å². The summed E-state index contributed by atoms with van der Waals surface area (Å²) in [5.41, 5.74) is 7.84. The van der Waals surface area contributed by atoms with E-state index in [0.717, 1.165) is 46.4 Å². The van der Waals surface area contributed by atoms with Gasteiger partial charge in [0.25, 0.3) is 0 Å². The molecule has 170 valence electrons. The Balaban J connectivity index is 1.28. The fourth-order valence-electron chi connectivity index (χ4n) is 4.21. The molecule has 0 fully saturated rings. The number of carbonyl (C=O) groups is 1. The molecule has 0 aromatic heterocycles. The smallest absolute Gasteiger partial charge is 0.246 e. The molecule has 2 aliphatic rings. The fraction of sp³-hybridized carbons (Fsp3) is 0.417. The van der Waals surface area contributed by atoms with Crippen molar-refractivity contribution in [2.24, 2.45) is 10.7 Å². The number of rotatable bonds is 8. The number of amidine groups is 1.